The van der Waals surface area contributed by atoms with Gasteiger partial charge in [-0.25, -0.2) is 4.68 Å². The topological polar surface area (TPSA) is 72.7 Å². The maximum Gasteiger partial charge on any atom is 0.234 e. The van der Waals surface area contributed by atoms with E-state index in [4.69, 9.17) is 0 Å². The molecule has 1 aromatic heterocycles. The zero-order chi connectivity index (χ0) is 18.0. The Morgan fingerprint density at radius 1 is 1.17 bits per heavy atom. The van der Waals surface area contributed by atoms with Gasteiger partial charge in [0.15, 0.2) is 0 Å². The molecule has 0 aliphatic heterocycles. The Balaban J connectivity index is 2.05. The molecule has 0 fully saturated rings. The first-order valence-electron chi connectivity index (χ1n) is 7.90. The van der Waals surface area contributed by atoms with Crippen LogP contribution in [0.5, 0.6) is 0 Å². The van der Waals surface area contributed by atoms with Crippen LogP contribution >= 0.6 is 11.8 Å². The average Bonchev–Trinajstić information content (AvgIpc) is 2.93. The molecule has 0 bridgehead atoms. The first-order chi connectivity index (χ1) is 11.1. The molecular formula is C17H25N5OS. The van der Waals surface area contributed by atoms with Crippen molar-refractivity contribution >= 4 is 23.4 Å². The molecule has 1 amide bonds. The number of anilines is 1. The van der Waals surface area contributed by atoms with Crippen LogP contribution in [-0.4, -0.2) is 31.9 Å². The van der Waals surface area contributed by atoms with E-state index >= 15 is 0 Å². The van der Waals surface area contributed by atoms with Crippen molar-refractivity contribution < 1.29 is 4.79 Å². The number of aromatic nitrogens is 4. The summed E-state index contributed by atoms with van der Waals surface area (Å²) in [5, 5.41) is 15.4. The molecule has 0 aliphatic carbocycles. The second-order valence-corrected chi connectivity index (χ2v) is 8.62. The van der Waals surface area contributed by atoms with Crippen LogP contribution < -0.4 is 5.32 Å². The van der Waals surface area contributed by atoms with Gasteiger partial charge in [-0.1, -0.05) is 50.7 Å². The van der Waals surface area contributed by atoms with Crippen molar-refractivity contribution in [1.29, 1.82) is 0 Å². The van der Waals surface area contributed by atoms with Crippen molar-refractivity contribution in [2.75, 3.05) is 11.1 Å². The maximum atomic E-state index is 12.3. The van der Waals surface area contributed by atoms with Crippen LogP contribution in [0.4, 0.5) is 5.69 Å². The van der Waals surface area contributed by atoms with Gasteiger partial charge in [-0.15, -0.1) is 5.10 Å². The quantitative estimate of drug-likeness (QED) is 0.858. The summed E-state index contributed by atoms with van der Waals surface area (Å²) in [5.74, 6) is 0.190. The third-order valence-electron chi connectivity index (χ3n) is 3.42. The lowest BCUT2D eigenvalue weighted by Crippen LogP contribution is -2.25. The summed E-state index contributed by atoms with van der Waals surface area (Å²) in [6, 6.07) is 7.89. The van der Waals surface area contributed by atoms with E-state index in [1.165, 1.54) is 11.8 Å². The molecule has 1 N–H and O–H groups in total. The fourth-order valence-electron chi connectivity index (χ4n) is 2.25. The fourth-order valence-corrected chi connectivity index (χ4v) is 3.11. The summed E-state index contributed by atoms with van der Waals surface area (Å²) >= 11 is 1.34. The van der Waals surface area contributed by atoms with Gasteiger partial charge in [-0.2, -0.15) is 0 Å². The van der Waals surface area contributed by atoms with E-state index in [1.54, 1.807) is 4.68 Å². The van der Waals surface area contributed by atoms with E-state index in [9.17, 15) is 4.79 Å². The summed E-state index contributed by atoms with van der Waals surface area (Å²) in [4.78, 5) is 12.3. The van der Waals surface area contributed by atoms with E-state index in [0.29, 0.717) is 5.16 Å². The molecule has 1 aromatic carbocycles. The normalized spacial score (nSPS) is 12.2. The molecule has 6 nitrogen and oxygen atoms in total. The number of hydrogen-bond donors (Lipinski definition) is 1. The van der Waals surface area contributed by atoms with Crippen LogP contribution in [-0.2, 0) is 15.7 Å². The summed E-state index contributed by atoms with van der Waals surface area (Å²) in [6.45, 7) is 12.5. The number of tetrazole rings is 1. The lowest BCUT2D eigenvalue weighted by atomic mass is 9.86. The molecular weight excluding hydrogens is 322 g/mol. The number of thioether (sulfide) groups is 1. The molecule has 24 heavy (non-hydrogen) atoms. The number of hydrogen-bond acceptors (Lipinski definition) is 5. The highest BCUT2D eigenvalue weighted by molar-refractivity contribution is 7.99. The van der Waals surface area contributed by atoms with Crippen LogP contribution in [0, 0.1) is 0 Å². The zero-order valence-corrected chi connectivity index (χ0v) is 15.9. The Hall–Kier alpha value is -1.89. The first-order valence-corrected chi connectivity index (χ1v) is 8.88. The van der Waals surface area contributed by atoms with Crippen LogP contribution in [0.3, 0.4) is 0 Å². The minimum Gasteiger partial charge on any atom is -0.325 e. The SMILES string of the molecule is CC(C)(C)c1ccccc1NC(=O)CSc1nnnn1C(C)(C)C. The number of nitrogens with one attached hydrogen (secondary N) is 1. The van der Waals surface area contributed by atoms with Crippen molar-refractivity contribution in [2.45, 2.75) is 57.7 Å². The molecule has 130 valence electrons. The van der Waals surface area contributed by atoms with Gasteiger partial charge in [0.2, 0.25) is 11.1 Å². The van der Waals surface area contributed by atoms with Crippen LogP contribution in [0.15, 0.2) is 29.4 Å². The summed E-state index contributed by atoms with van der Waals surface area (Å²) in [6.07, 6.45) is 0. The number of nitrogens with zero attached hydrogens (tertiary/aromatic N) is 4. The molecule has 0 saturated heterocycles. The standard InChI is InChI=1S/C17H25N5OS/c1-16(2,3)12-9-7-8-10-13(12)18-14(23)11-24-15-19-20-21-22(15)17(4,5)6/h7-10H,11H2,1-6H3,(H,18,23). The van der Waals surface area contributed by atoms with E-state index in [-0.39, 0.29) is 22.6 Å². The molecule has 0 spiro atoms. The van der Waals surface area contributed by atoms with Crippen molar-refractivity contribution in [3.05, 3.63) is 29.8 Å². The van der Waals surface area contributed by atoms with Crippen molar-refractivity contribution in [2.24, 2.45) is 0 Å². The average molecular weight is 347 g/mol. The monoisotopic (exact) mass is 347 g/mol. The van der Waals surface area contributed by atoms with E-state index < -0.39 is 0 Å². The van der Waals surface area contributed by atoms with Crippen LogP contribution in [0.2, 0.25) is 0 Å². The molecule has 2 rings (SSSR count). The Bertz CT molecular complexity index is 712. The molecule has 1 heterocycles. The highest BCUT2D eigenvalue weighted by Crippen LogP contribution is 2.29. The molecule has 0 radical (unpaired) electrons. The van der Waals surface area contributed by atoms with Gasteiger partial charge in [-0.05, 0) is 48.2 Å². The molecule has 0 aliphatic rings. The van der Waals surface area contributed by atoms with Gasteiger partial charge >= 0.3 is 0 Å². The highest BCUT2D eigenvalue weighted by Gasteiger charge is 2.21. The minimum atomic E-state index is -0.221. The molecule has 0 saturated carbocycles. The Labute approximate surface area is 147 Å². The molecule has 0 unspecified atom stereocenters. The predicted octanol–water partition coefficient (Wildman–Crippen LogP) is 3.46. The fraction of sp³-hybridized carbons (Fsp3) is 0.529. The summed E-state index contributed by atoms with van der Waals surface area (Å²) in [7, 11) is 0. The van der Waals surface area contributed by atoms with Crippen molar-refractivity contribution in [3.8, 4) is 0 Å². The molecule has 2 aromatic rings. The van der Waals surface area contributed by atoms with Crippen molar-refractivity contribution in [1.82, 2.24) is 20.2 Å². The first kappa shape index (κ1) is 18.4. The smallest absolute Gasteiger partial charge is 0.234 e. The molecule has 0 atom stereocenters. The van der Waals surface area contributed by atoms with Crippen LogP contribution in [0.25, 0.3) is 0 Å². The lowest BCUT2D eigenvalue weighted by Gasteiger charge is -2.23. The Kier molecular flexibility index (Phi) is 5.32. The zero-order valence-electron chi connectivity index (χ0n) is 15.1. The number of para-hydroxylation sites is 1. The van der Waals surface area contributed by atoms with Crippen LogP contribution in [0.1, 0.15) is 47.1 Å². The van der Waals surface area contributed by atoms with Crippen molar-refractivity contribution in [3.63, 3.8) is 0 Å². The van der Waals surface area contributed by atoms with E-state index in [1.807, 2.05) is 45.0 Å². The molecule has 7 heteroatoms. The number of carbonyl (C=O) groups excluding carboxylic acids is 1. The van der Waals surface area contributed by atoms with Gasteiger partial charge in [0.05, 0.1) is 11.3 Å². The van der Waals surface area contributed by atoms with E-state index in [2.05, 4.69) is 41.6 Å². The second kappa shape index (κ2) is 6.93. The number of amides is 1. The largest absolute Gasteiger partial charge is 0.325 e. The summed E-state index contributed by atoms with van der Waals surface area (Å²) in [5.41, 5.74) is 1.71. The highest BCUT2D eigenvalue weighted by atomic mass is 32.2. The van der Waals surface area contributed by atoms with Gasteiger partial charge in [0, 0.05) is 5.69 Å². The summed E-state index contributed by atoms with van der Waals surface area (Å²) < 4.78 is 1.73. The Morgan fingerprint density at radius 2 is 1.83 bits per heavy atom. The van der Waals surface area contributed by atoms with Gasteiger partial charge in [-0.3, -0.25) is 4.79 Å². The number of benzene rings is 1. The van der Waals surface area contributed by atoms with E-state index in [0.717, 1.165) is 11.3 Å². The number of carbonyl (C=O) groups is 1. The third-order valence-corrected chi connectivity index (χ3v) is 4.34. The van der Waals surface area contributed by atoms with Gasteiger partial charge < -0.3 is 5.32 Å². The number of rotatable bonds is 4. The lowest BCUT2D eigenvalue weighted by molar-refractivity contribution is -0.113. The minimum absolute atomic E-state index is 0.0344. The second-order valence-electron chi connectivity index (χ2n) is 7.68. The Morgan fingerprint density at radius 3 is 2.46 bits per heavy atom. The maximum absolute atomic E-state index is 12.3. The predicted molar refractivity (Wildman–Crippen MR) is 97.3 cm³/mol. The van der Waals surface area contributed by atoms with Gasteiger partial charge in [0.25, 0.3) is 0 Å². The third kappa shape index (κ3) is 4.56. The van der Waals surface area contributed by atoms with Gasteiger partial charge in [0.1, 0.15) is 0 Å².